The first-order valence-electron chi connectivity index (χ1n) is 6.22. The molecule has 104 valence electrons. The first-order valence-corrected chi connectivity index (χ1v) is 6.60. The standard InChI is InChI=1S/C15H11ClN4O/c16-13-6-3-7-14(19-13)20-15(21)12-8-10(17)9-4-1-2-5-11(9)18-12/h1-8H,(H2,17,18)(H,19,20,21). The van der Waals surface area contributed by atoms with Crippen LogP contribution in [0.15, 0.2) is 48.5 Å². The minimum absolute atomic E-state index is 0.230. The summed E-state index contributed by atoms with van der Waals surface area (Å²) < 4.78 is 0. The highest BCUT2D eigenvalue weighted by molar-refractivity contribution is 6.29. The summed E-state index contributed by atoms with van der Waals surface area (Å²) in [6.07, 6.45) is 0. The molecule has 0 aliphatic heterocycles. The third-order valence-electron chi connectivity index (χ3n) is 2.94. The number of anilines is 2. The number of nitrogens with two attached hydrogens (primary N) is 1. The van der Waals surface area contributed by atoms with Gasteiger partial charge in [0.25, 0.3) is 5.91 Å². The molecule has 0 atom stereocenters. The van der Waals surface area contributed by atoms with Crippen molar-refractivity contribution in [1.82, 2.24) is 9.97 Å². The molecule has 5 nitrogen and oxygen atoms in total. The van der Waals surface area contributed by atoms with Gasteiger partial charge in [-0.05, 0) is 24.3 Å². The summed E-state index contributed by atoms with van der Waals surface area (Å²) in [5.74, 6) is -0.0248. The quantitative estimate of drug-likeness (QED) is 0.712. The molecule has 0 aliphatic carbocycles. The maximum absolute atomic E-state index is 12.2. The van der Waals surface area contributed by atoms with Crippen molar-refractivity contribution in [1.29, 1.82) is 0 Å². The van der Waals surface area contributed by atoms with E-state index in [0.717, 1.165) is 5.39 Å². The molecule has 3 rings (SSSR count). The number of nitrogens with zero attached hydrogens (tertiary/aromatic N) is 2. The molecule has 3 N–H and O–H groups in total. The molecule has 6 heteroatoms. The molecule has 0 saturated carbocycles. The number of pyridine rings is 2. The maximum Gasteiger partial charge on any atom is 0.275 e. The predicted molar refractivity (Wildman–Crippen MR) is 83.4 cm³/mol. The molecule has 0 aliphatic rings. The zero-order valence-electron chi connectivity index (χ0n) is 10.9. The molecule has 2 heterocycles. The first kappa shape index (κ1) is 13.3. The van der Waals surface area contributed by atoms with E-state index in [2.05, 4.69) is 15.3 Å². The van der Waals surface area contributed by atoms with Crippen molar-refractivity contribution in [2.45, 2.75) is 0 Å². The van der Waals surface area contributed by atoms with E-state index >= 15 is 0 Å². The van der Waals surface area contributed by atoms with E-state index in [-0.39, 0.29) is 11.6 Å². The van der Waals surface area contributed by atoms with Crippen LogP contribution in [0.2, 0.25) is 5.15 Å². The Hall–Kier alpha value is -2.66. The minimum atomic E-state index is -0.387. The average Bonchev–Trinajstić information content (AvgIpc) is 2.47. The number of carbonyl (C=O) groups is 1. The zero-order chi connectivity index (χ0) is 14.8. The van der Waals surface area contributed by atoms with Gasteiger partial charge in [-0.15, -0.1) is 0 Å². The smallest absolute Gasteiger partial charge is 0.275 e. The number of hydrogen-bond acceptors (Lipinski definition) is 4. The van der Waals surface area contributed by atoms with Gasteiger partial charge in [0.2, 0.25) is 0 Å². The first-order chi connectivity index (χ1) is 10.1. The Morgan fingerprint density at radius 3 is 2.71 bits per heavy atom. The number of rotatable bonds is 2. The van der Waals surface area contributed by atoms with Gasteiger partial charge in [0.05, 0.1) is 5.52 Å². The minimum Gasteiger partial charge on any atom is -0.398 e. The Bertz CT molecular complexity index is 835. The Morgan fingerprint density at radius 1 is 1.10 bits per heavy atom. The normalized spacial score (nSPS) is 10.5. The lowest BCUT2D eigenvalue weighted by atomic mass is 10.1. The number of hydrogen-bond donors (Lipinski definition) is 2. The highest BCUT2D eigenvalue weighted by Gasteiger charge is 2.11. The van der Waals surface area contributed by atoms with Gasteiger partial charge in [-0.1, -0.05) is 35.9 Å². The Balaban J connectivity index is 1.94. The molecule has 21 heavy (non-hydrogen) atoms. The van der Waals surface area contributed by atoms with Crippen LogP contribution in [0.3, 0.4) is 0 Å². The van der Waals surface area contributed by atoms with Gasteiger partial charge in [0, 0.05) is 11.1 Å². The molecule has 0 radical (unpaired) electrons. The van der Waals surface area contributed by atoms with Gasteiger partial charge in [0.1, 0.15) is 16.7 Å². The van der Waals surface area contributed by atoms with E-state index in [1.165, 1.54) is 0 Å². The van der Waals surface area contributed by atoms with Gasteiger partial charge >= 0.3 is 0 Å². The Labute approximate surface area is 125 Å². The Morgan fingerprint density at radius 2 is 1.90 bits per heavy atom. The number of benzene rings is 1. The number of nitrogens with one attached hydrogen (secondary N) is 1. The Kier molecular flexibility index (Phi) is 3.41. The van der Waals surface area contributed by atoms with Crippen LogP contribution in [-0.2, 0) is 0 Å². The van der Waals surface area contributed by atoms with Gasteiger partial charge in [-0.3, -0.25) is 4.79 Å². The average molecular weight is 299 g/mol. The summed E-state index contributed by atoms with van der Waals surface area (Å²) in [7, 11) is 0. The van der Waals surface area contributed by atoms with Crippen molar-refractivity contribution in [3.63, 3.8) is 0 Å². The van der Waals surface area contributed by atoms with E-state index < -0.39 is 0 Å². The lowest BCUT2D eigenvalue weighted by Gasteiger charge is -2.07. The van der Waals surface area contributed by atoms with Crippen molar-refractivity contribution < 1.29 is 4.79 Å². The summed E-state index contributed by atoms with van der Waals surface area (Å²) >= 11 is 5.78. The molecule has 0 saturated heterocycles. The molecule has 2 aromatic heterocycles. The van der Waals surface area contributed by atoms with E-state index in [1.807, 2.05) is 18.2 Å². The molecule has 3 aromatic rings. The van der Waals surface area contributed by atoms with Gasteiger partial charge in [0.15, 0.2) is 0 Å². The molecule has 1 aromatic carbocycles. The summed E-state index contributed by atoms with van der Waals surface area (Å²) in [6, 6.07) is 13.9. The van der Waals surface area contributed by atoms with Crippen LogP contribution in [0.4, 0.5) is 11.5 Å². The number of aromatic nitrogens is 2. The van der Waals surface area contributed by atoms with Crippen molar-refractivity contribution in [2.24, 2.45) is 0 Å². The summed E-state index contributed by atoms with van der Waals surface area (Å²) in [4.78, 5) is 20.5. The maximum atomic E-state index is 12.2. The van der Waals surface area contributed by atoms with E-state index in [0.29, 0.717) is 22.2 Å². The number of carbonyl (C=O) groups excluding carboxylic acids is 1. The highest BCUT2D eigenvalue weighted by atomic mass is 35.5. The van der Waals surface area contributed by atoms with Crippen LogP contribution in [0.1, 0.15) is 10.5 Å². The topological polar surface area (TPSA) is 80.9 Å². The monoisotopic (exact) mass is 298 g/mol. The number of nitrogen functional groups attached to an aromatic ring is 1. The molecule has 1 amide bonds. The van der Waals surface area contributed by atoms with Crippen LogP contribution >= 0.6 is 11.6 Å². The lowest BCUT2D eigenvalue weighted by Crippen LogP contribution is -2.15. The van der Waals surface area contributed by atoms with E-state index in [9.17, 15) is 4.79 Å². The summed E-state index contributed by atoms with van der Waals surface area (Å²) in [6.45, 7) is 0. The number of amides is 1. The lowest BCUT2D eigenvalue weighted by molar-refractivity contribution is 0.102. The van der Waals surface area contributed by atoms with Crippen LogP contribution in [-0.4, -0.2) is 15.9 Å². The molecular weight excluding hydrogens is 288 g/mol. The van der Waals surface area contributed by atoms with Gasteiger partial charge in [-0.25, -0.2) is 9.97 Å². The second-order valence-corrected chi connectivity index (χ2v) is 4.80. The van der Waals surface area contributed by atoms with Crippen molar-refractivity contribution >= 4 is 39.9 Å². The molecule has 0 bridgehead atoms. The summed E-state index contributed by atoms with van der Waals surface area (Å²) in [5.41, 5.74) is 7.36. The second-order valence-electron chi connectivity index (χ2n) is 4.41. The van der Waals surface area contributed by atoms with Crippen molar-refractivity contribution in [3.05, 3.63) is 59.4 Å². The fourth-order valence-electron chi connectivity index (χ4n) is 1.98. The molecule has 0 spiro atoms. The fraction of sp³-hybridized carbons (Fsp3) is 0. The molecular formula is C15H11ClN4O. The largest absolute Gasteiger partial charge is 0.398 e. The zero-order valence-corrected chi connectivity index (χ0v) is 11.6. The molecule has 0 unspecified atom stereocenters. The number of para-hydroxylation sites is 1. The van der Waals surface area contributed by atoms with Gasteiger partial charge in [-0.2, -0.15) is 0 Å². The van der Waals surface area contributed by atoms with Crippen LogP contribution in [0, 0.1) is 0 Å². The van der Waals surface area contributed by atoms with Crippen LogP contribution in [0.25, 0.3) is 10.9 Å². The van der Waals surface area contributed by atoms with Gasteiger partial charge < -0.3 is 11.1 Å². The van der Waals surface area contributed by atoms with Crippen LogP contribution in [0.5, 0.6) is 0 Å². The molecule has 0 fully saturated rings. The SMILES string of the molecule is Nc1cc(C(=O)Nc2cccc(Cl)n2)nc2ccccc12. The second kappa shape index (κ2) is 5.38. The third kappa shape index (κ3) is 2.78. The fourth-order valence-corrected chi connectivity index (χ4v) is 2.14. The number of halogens is 1. The van der Waals surface area contributed by atoms with Crippen molar-refractivity contribution in [2.75, 3.05) is 11.1 Å². The van der Waals surface area contributed by atoms with Crippen LogP contribution < -0.4 is 11.1 Å². The number of fused-ring (bicyclic) bond motifs is 1. The van der Waals surface area contributed by atoms with Crippen molar-refractivity contribution in [3.8, 4) is 0 Å². The highest BCUT2D eigenvalue weighted by Crippen LogP contribution is 2.20. The predicted octanol–water partition coefficient (Wildman–Crippen LogP) is 3.12. The summed E-state index contributed by atoms with van der Waals surface area (Å²) in [5, 5.41) is 3.76. The third-order valence-corrected chi connectivity index (χ3v) is 3.15. The van der Waals surface area contributed by atoms with E-state index in [4.69, 9.17) is 17.3 Å². The van der Waals surface area contributed by atoms with E-state index in [1.54, 1.807) is 30.3 Å².